The Morgan fingerprint density at radius 2 is 1.78 bits per heavy atom. The normalized spacial score (nSPS) is 66.3. The third-order valence-corrected chi connectivity index (χ3v) is 4.06. The molecular weight excluding hydrogens is 108 g/mol. The molecule has 3 fully saturated rings. The molecule has 3 saturated carbocycles. The largest absolute Gasteiger partial charge is 0.0625 e. The van der Waals surface area contributed by atoms with Crippen LogP contribution in [0.4, 0.5) is 0 Å². The molecule has 0 aromatic rings. The maximum atomic E-state index is 2.39. The summed E-state index contributed by atoms with van der Waals surface area (Å²) >= 11 is 0. The summed E-state index contributed by atoms with van der Waals surface area (Å²) < 4.78 is 0. The fourth-order valence-corrected chi connectivity index (χ4v) is 3.49. The fraction of sp³-hybridized carbons (Fsp3) is 1.00. The highest BCUT2D eigenvalue weighted by Gasteiger charge is 2.83. The third-order valence-electron chi connectivity index (χ3n) is 4.06. The van der Waals surface area contributed by atoms with E-state index in [2.05, 4.69) is 13.8 Å². The van der Waals surface area contributed by atoms with Gasteiger partial charge in [-0.1, -0.05) is 13.8 Å². The van der Waals surface area contributed by atoms with Crippen molar-refractivity contribution in [2.75, 3.05) is 0 Å². The Hall–Kier alpha value is 0. The molecule has 3 rings (SSSR count). The van der Waals surface area contributed by atoms with Crippen LogP contribution in [0, 0.1) is 29.1 Å². The maximum absolute atomic E-state index is 2.39. The zero-order valence-corrected chi connectivity index (χ0v) is 6.22. The van der Waals surface area contributed by atoms with Gasteiger partial charge >= 0.3 is 0 Å². The summed E-state index contributed by atoms with van der Waals surface area (Å²) in [6, 6.07) is 0. The topological polar surface area (TPSA) is 0 Å². The molecule has 0 bridgehead atoms. The summed E-state index contributed by atoms with van der Waals surface area (Å²) in [5.41, 5.74) is 1.01. The molecular formula is C9H14. The highest BCUT2D eigenvalue weighted by atomic mass is 14.9. The van der Waals surface area contributed by atoms with Gasteiger partial charge in [-0.15, -0.1) is 0 Å². The van der Waals surface area contributed by atoms with Gasteiger partial charge in [0.25, 0.3) is 0 Å². The summed E-state index contributed by atoms with van der Waals surface area (Å²) in [7, 11) is 0. The summed E-state index contributed by atoms with van der Waals surface area (Å²) in [6.45, 7) is 4.79. The molecule has 9 heavy (non-hydrogen) atoms. The average molecular weight is 122 g/mol. The van der Waals surface area contributed by atoms with Crippen molar-refractivity contribution in [3.05, 3.63) is 0 Å². The Balaban J connectivity index is 1.85. The summed E-state index contributed by atoms with van der Waals surface area (Å²) in [6.07, 6.45) is 3.22. The van der Waals surface area contributed by atoms with Crippen LogP contribution in [0.1, 0.15) is 26.7 Å². The summed E-state index contributed by atoms with van der Waals surface area (Å²) in [5.74, 6) is 4.56. The molecule has 0 aromatic heterocycles. The van der Waals surface area contributed by atoms with E-state index in [1.54, 1.807) is 12.8 Å². The van der Waals surface area contributed by atoms with Crippen LogP contribution in [0.2, 0.25) is 0 Å². The molecule has 3 aliphatic carbocycles. The molecule has 0 aromatic carbocycles. The second-order valence-corrected chi connectivity index (χ2v) is 4.68. The Labute approximate surface area is 56.6 Å². The van der Waals surface area contributed by atoms with Crippen LogP contribution in [0.5, 0.6) is 0 Å². The molecule has 2 unspecified atom stereocenters. The lowest BCUT2D eigenvalue weighted by Crippen LogP contribution is -2.23. The van der Waals surface area contributed by atoms with Crippen molar-refractivity contribution in [3.8, 4) is 0 Å². The molecule has 0 radical (unpaired) electrons. The smallest absolute Gasteiger partial charge is 0.0229 e. The predicted molar refractivity (Wildman–Crippen MR) is 37.0 cm³/mol. The van der Waals surface area contributed by atoms with Gasteiger partial charge in [0.2, 0.25) is 0 Å². The van der Waals surface area contributed by atoms with Crippen molar-refractivity contribution in [1.29, 1.82) is 0 Å². The number of rotatable bonds is 1. The van der Waals surface area contributed by atoms with Crippen LogP contribution in [0.3, 0.4) is 0 Å². The standard InChI is InChI=1S/C9H14/c1-5(2)8-6-3-9(6)4-7(8)9/h5-8H,3-4H2,1-2H3. The molecule has 0 N–H and O–H groups in total. The van der Waals surface area contributed by atoms with E-state index in [9.17, 15) is 0 Å². The van der Waals surface area contributed by atoms with Crippen molar-refractivity contribution in [2.45, 2.75) is 26.7 Å². The van der Waals surface area contributed by atoms with E-state index >= 15 is 0 Å². The van der Waals surface area contributed by atoms with Crippen molar-refractivity contribution in [2.24, 2.45) is 29.1 Å². The maximum Gasteiger partial charge on any atom is -0.0229 e. The first kappa shape index (κ1) is 4.76. The molecule has 0 heterocycles. The van der Waals surface area contributed by atoms with E-state index in [1.165, 1.54) is 11.8 Å². The highest BCUT2D eigenvalue weighted by molar-refractivity contribution is 5.32. The van der Waals surface area contributed by atoms with E-state index in [0.29, 0.717) is 0 Å². The Kier molecular flexibility index (Phi) is 0.518. The molecule has 3 aliphatic rings. The van der Waals surface area contributed by atoms with Crippen LogP contribution in [-0.4, -0.2) is 0 Å². The molecule has 50 valence electrons. The molecule has 1 spiro atoms. The van der Waals surface area contributed by atoms with Crippen LogP contribution >= 0.6 is 0 Å². The first-order chi connectivity index (χ1) is 4.26. The van der Waals surface area contributed by atoms with Crippen molar-refractivity contribution in [3.63, 3.8) is 0 Å². The lowest BCUT2D eigenvalue weighted by atomic mass is 9.77. The SMILES string of the molecule is CC(C)C1C2CC23CC13. The lowest BCUT2D eigenvalue weighted by molar-refractivity contribution is 0.200. The van der Waals surface area contributed by atoms with Gasteiger partial charge in [-0.2, -0.15) is 0 Å². The average Bonchev–Trinajstić information content (AvgIpc) is 2.57. The van der Waals surface area contributed by atoms with Gasteiger partial charge in [0.1, 0.15) is 0 Å². The lowest BCUT2D eigenvalue weighted by Gasteiger charge is -2.27. The van der Waals surface area contributed by atoms with Crippen LogP contribution < -0.4 is 0 Å². The molecule has 0 aliphatic heterocycles. The van der Waals surface area contributed by atoms with Crippen molar-refractivity contribution >= 4 is 0 Å². The minimum absolute atomic E-state index is 0.984. The van der Waals surface area contributed by atoms with Crippen LogP contribution in [-0.2, 0) is 0 Å². The van der Waals surface area contributed by atoms with E-state index in [-0.39, 0.29) is 0 Å². The Morgan fingerprint density at radius 3 is 2.00 bits per heavy atom. The quantitative estimate of drug-likeness (QED) is 0.500. The molecule has 0 saturated heterocycles. The van der Waals surface area contributed by atoms with Gasteiger partial charge in [-0.05, 0) is 41.9 Å². The number of hydrogen-bond donors (Lipinski definition) is 0. The first-order valence-electron chi connectivity index (χ1n) is 4.26. The van der Waals surface area contributed by atoms with E-state index in [1.807, 2.05) is 0 Å². The van der Waals surface area contributed by atoms with Crippen molar-refractivity contribution in [1.82, 2.24) is 0 Å². The predicted octanol–water partition coefficient (Wildman–Crippen LogP) is 2.30. The third kappa shape index (κ3) is 0.320. The Bertz CT molecular complexity index is 153. The molecule has 0 amide bonds. The monoisotopic (exact) mass is 122 g/mol. The van der Waals surface area contributed by atoms with Gasteiger partial charge in [-0.3, -0.25) is 0 Å². The Morgan fingerprint density at radius 1 is 1.22 bits per heavy atom. The molecule has 2 atom stereocenters. The van der Waals surface area contributed by atoms with E-state index in [0.717, 1.165) is 17.3 Å². The first-order valence-corrected chi connectivity index (χ1v) is 4.26. The summed E-state index contributed by atoms with van der Waals surface area (Å²) in [4.78, 5) is 0. The minimum atomic E-state index is 0.984. The van der Waals surface area contributed by atoms with Gasteiger partial charge in [0, 0.05) is 0 Å². The fourth-order valence-electron chi connectivity index (χ4n) is 3.49. The van der Waals surface area contributed by atoms with Gasteiger partial charge in [0.05, 0.1) is 0 Å². The van der Waals surface area contributed by atoms with E-state index < -0.39 is 0 Å². The van der Waals surface area contributed by atoms with Gasteiger partial charge < -0.3 is 0 Å². The van der Waals surface area contributed by atoms with Crippen molar-refractivity contribution < 1.29 is 0 Å². The molecule has 0 heteroatoms. The van der Waals surface area contributed by atoms with Crippen LogP contribution in [0.15, 0.2) is 0 Å². The zero-order valence-electron chi connectivity index (χ0n) is 6.22. The minimum Gasteiger partial charge on any atom is -0.0625 e. The van der Waals surface area contributed by atoms with E-state index in [4.69, 9.17) is 0 Å². The van der Waals surface area contributed by atoms with Gasteiger partial charge in [-0.25, -0.2) is 0 Å². The second kappa shape index (κ2) is 0.980. The summed E-state index contributed by atoms with van der Waals surface area (Å²) in [5, 5.41) is 0. The van der Waals surface area contributed by atoms with Crippen LogP contribution in [0.25, 0.3) is 0 Å². The zero-order chi connectivity index (χ0) is 6.22. The highest BCUT2D eigenvalue weighted by Crippen LogP contribution is 2.90. The molecule has 0 nitrogen and oxygen atoms in total. The van der Waals surface area contributed by atoms with Gasteiger partial charge in [0.15, 0.2) is 0 Å². The second-order valence-electron chi connectivity index (χ2n) is 4.68. The number of hydrogen-bond acceptors (Lipinski definition) is 0.